The highest BCUT2D eigenvalue weighted by Crippen LogP contribution is 2.08. The summed E-state index contributed by atoms with van der Waals surface area (Å²) < 4.78 is 35.4. The van der Waals surface area contributed by atoms with Crippen LogP contribution in [0.3, 0.4) is 0 Å². The summed E-state index contributed by atoms with van der Waals surface area (Å²) >= 11 is 0. The van der Waals surface area contributed by atoms with Crippen LogP contribution in [-0.2, 0) is 10.8 Å². The number of hydrogen-bond acceptors (Lipinski definition) is 1. The molecule has 1 atom stereocenters. The second-order valence-electron chi connectivity index (χ2n) is 2.20. The predicted molar refractivity (Wildman–Crippen MR) is 43.7 cm³/mol. The lowest BCUT2D eigenvalue weighted by molar-refractivity contribution is 0.528. The second-order valence-corrected chi connectivity index (χ2v) is 3.77. The molecular weight excluding hydrogens is 182 g/mol. The molecule has 4 heteroatoms. The molecule has 0 saturated carbocycles. The Morgan fingerprint density at radius 3 is 2.75 bits per heavy atom. The molecule has 0 aliphatic heterocycles. The van der Waals surface area contributed by atoms with Gasteiger partial charge in [-0.25, -0.2) is 4.39 Å². The molecule has 0 bridgehead atoms. The van der Waals surface area contributed by atoms with Gasteiger partial charge in [-0.15, -0.1) is 0 Å². The molecule has 0 heterocycles. The van der Waals surface area contributed by atoms with E-state index in [1.165, 1.54) is 18.2 Å². The summed E-state index contributed by atoms with van der Waals surface area (Å²) in [5, 5.41) is 0. The van der Waals surface area contributed by atoms with Crippen LogP contribution in [-0.4, -0.2) is 16.6 Å². The summed E-state index contributed by atoms with van der Waals surface area (Å²) in [7, 11) is -1.41. The van der Waals surface area contributed by atoms with Crippen molar-refractivity contribution in [2.75, 3.05) is 12.4 Å². The number of hydrogen-bond donors (Lipinski definition) is 0. The first-order valence-corrected chi connectivity index (χ1v) is 4.76. The van der Waals surface area contributed by atoms with E-state index < -0.39 is 23.3 Å². The molecular formula is C8H8F2OS. The maximum atomic E-state index is 12.5. The first-order chi connectivity index (χ1) is 5.74. The normalized spacial score (nSPS) is 12.8. The summed E-state index contributed by atoms with van der Waals surface area (Å²) in [5.41, 5.74) is 0. The van der Waals surface area contributed by atoms with Crippen molar-refractivity contribution in [1.82, 2.24) is 0 Å². The van der Waals surface area contributed by atoms with Gasteiger partial charge in [0.1, 0.15) is 12.5 Å². The Morgan fingerprint density at radius 2 is 2.17 bits per heavy atom. The van der Waals surface area contributed by atoms with E-state index in [9.17, 15) is 13.0 Å². The van der Waals surface area contributed by atoms with Gasteiger partial charge >= 0.3 is 0 Å². The summed E-state index contributed by atoms with van der Waals surface area (Å²) in [6.45, 7) is -0.650. The average Bonchev–Trinajstić information content (AvgIpc) is 2.05. The van der Waals surface area contributed by atoms with Gasteiger partial charge in [0.2, 0.25) is 0 Å². The van der Waals surface area contributed by atoms with Crippen LogP contribution < -0.4 is 0 Å². The van der Waals surface area contributed by atoms with Crippen molar-refractivity contribution < 1.29 is 13.0 Å². The Kier molecular flexibility index (Phi) is 3.34. The van der Waals surface area contributed by atoms with Crippen molar-refractivity contribution >= 4 is 10.8 Å². The molecule has 1 unspecified atom stereocenters. The standard InChI is InChI=1S/C8H8F2OS/c9-4-5-12(11)8-3-1-2-7(10)6-8/h1-3,6H,4-5H2. The predicted octanol–water partition coefficient (Wildman–Crippen LogP) is 1.90. The van der Waals surface area contributed by atoms with Crippen LogP contribution in [0.2, 0.25) is 0 Å². The minimum absolute atomic E-state index is 0.0660. The van der Waals surface area contributed by atoms with E-state index in [1.807, 2.05) is 0 Å². The van der Waals surface area contributed by atoms with Gasteiger partial charge in [0.05, 0.1) is 16.6 Å². The molecule has 0 aliphatic carbocycles. The second kappa shape index (κ2) is 4.30. The van der Waals surface area contributed by atoms with E-state index in [0.29, 0.717) is 4.90 Å². The SMILES string of the molecule is O=S(CCF)c1cccc(F)c1. The van der Waals surface area contributed by atoms with Gasteiger partial charge in [-0.1, -0.05) is 6.07 Å². The summed E-state index contributed by atoms with van der Waals surface area (Å²) in [5.74, 6) is -0.511. The third-order valence-electron chi connectivity index (χ3n) is 1.32. The van der Waals surface area contributed by atoms with Crippen molar-refractivity contribution in [3.8, 4) is 0 Å². The minimum atomic E-state index is -1.41. The smallest absolute Gasteiger partial charge is 0.124 e. The molecule has 12 heavy (non-hydrogen) atoms. The number of alkyl halides is 1. The summed E-state index contributed by atoms with van der Waals surface area (Å²) in [6.07, 6.45) is 0. The fourth-order valence-corrected chi connectivity index (χ4v) is 1.65. The van der Waals surface area contributed by atoms with Crippen LogP contribution in [0.15, 0.2) is 29.2 Å². The van der Waals surface area contributed by atoms with Gasteiger partial charge in [-0.3, -0.25) is 8.60 Å². The molecule has 1 nitrogen and oxygen atoms in total. The lowest BCUT2D eigenvalue weighted by Crippen LogP contribution is -1.99. The Hall–Kier alpha value is -0.770. The van der Waals surface area contributed by atoms with Crippen LogP contribution >= 0.6 is 0 Å². The third-order valence-corrected chi connectivity index (χ3v) is 2.63. The van der Waals surface area contributed by atoms with Gasteiger partial charge in [-0.2, -0.15) is 0 Å². The van der Waals surface area contributed by atoms with Gasteiger partial charge < -0.3 is 0 Å². The number of rotatable bonds is 3. The Labute approximate surface area is 71.9 Å². The van der Waals surface area contributed by atoms with Crippen molar-refractivity contribution in [3.63, 3.8) is 0 Å². The maximum Gasteiger partial charge on any atom is 0.124 e. The monoisotopic (exact) mass is 190 g/mol. The molecule has 0 fully saturated rings. The van der Waals surface area contributed by atoms with Gasteiger partial charge in [0, 0.05) is 4.90 Å². The van der Waals surface area contributed by atoms with Crippen LogP contribution in [0, 0.1) is 5.82 Å². The van der Waals surface area contributed by atoms with Crippen molar-refractivity contribution in [2.45, 2.75) is 4.90 Å². The van der Waals surface area contributed by atoms with E-state index in [2.05, 4.69) is 0 Å². The van der Waals surface area contributed by atoms with Gasteiger partial charge in [0.25, 0.3) is 0 Å². The quantitative estimate of drug-likeness (QED) is 0.711. The fraction of sp³-hybridized carbons (Fsp3) is 0.250. The maximum absolute atomic E-state index is 12.5. The highest BCUT2D eigenvalue weighted by molar-refractivity contribution is 7.85. The third kappa shape index (κ3) is 2.37. The van der Waals surface area contributed by atoms with Crippen LogP contribution in [0.1, 0.15) is 0 Å². The van der Waals surface area contributed by atoms with Gasteiger partial charge in [0.15, 0.2) is 0 Å². The number of halogens is 2. The molecule has 0 aliphatic rings. The number of benzene rings is 1. The van der Waals surface area contributed by atoms with Crippen LogP contribution in [0.4, 0.5) is 8.78 Å². The zero-order valence-electron chi connectivity index (χ0n) is 6.30. The van der Waals surface area contributed by atoms with Crippen molar-refractivity contribution in [2.24, 2.45) is 0 Å². The zero-order valence-corrected chi connectivity index (χ0v) is 7.11. The molecule has 0 aromatic heterocycles. The molecule has 1 aromatic rings. The Bertz CT molecular complexity index is 288. The van der Waals surface area contributed by atoms with E-state index >= 15 is 0 Å². The molecule has 0 saturated heterocycles. The van der Waals surface area contributed by atoms with Gasteiger partial charge in [-0.05, 0) is 18.2 Å². The zero-order chi connectivity index (χ0) is 8.97. The Morgan fingerprint density at radius 1 is 1.42 bits per heavy atom. The Balaban J connectivity index is 2.81. The fourth-order valence-electron chi connectivity index (χ4n) is 0.797. The van der Waals surface area contributed by atoms with E-state index in [0.717, 1.165) is 6.07 Å². The molecule has 0 radical (unpaired) electrons. The molecule has 1 aromatic carbocycles. The van der Waals surface area contributed by atoms with Crippen LogP contribution in [0.25, 0.3) is 0 Å². The van der Waals surface area contributed by atoms with E-state index in [4.69, 9.17) is 0 Å². The molecule has 0 N–H and O–H groups in total. The molecule has 0 spiro atoms. The van der Waals surface area contributed by atoms with Crippen molar-refractivity contribution in [3.05, 3.63) is 30.1 Å². The average molecular weight is 190 g/mol. The molecule has 1 rings (SSSR count). The van der Waals surface area contributed by atoms with E-state index in [1.54, 1.807) is 0 Å². The van der Waals surface area contributed by atoms with Crippen molar-refractivity contribution in [1.29, 1.82) is 0 Å². The highest BCUT2D eigenvalue weighted by atomic mass is 32.2. The highest BCUT2D eigenvalue weighted by Gasteiger charge is 2.03. The lowest BCUT2D eigenvalue weighted by atomic mass is 10.4. The van der Waals surface area contributed by atoms with Crippen LogP contribution in [0.5, 0.6) is 0 Å². The summed E-state index contributed by atoms with van der Waals surface area (Å²) in [4.78, 5) is 0.340. The minimum Gasteiger partial charge on any atom is -0.254 e. The molecule has 66 valence electrons. The lowest BCUT2D eigenvalue weighted by Gasteiger charge is -1.98. The molecule has 0 amide bonds. The first-order valence-electron chi connectivity index (χ1n) is 3.44. The largest absolute Gasteiger partial charge is 0.254 e. The summed E-state index contributed by atoms with van der Waals surface area (Å²) in [6, 6.07) is 5.40. The topological polar surface area (TPSA) is 17.1 Å². The first kappa shape index (κ1) is 9.32. The van der Waals surface area contributed by atoms with E-state index in [-0.39, 0.29) is 5.75 Å².